The molecule has 0 fully saturated rings. The van der Waals surface area contributed by atoms with Gasteiger partial charge in [0.1, 0.15) is 0 Å². The Morgan fingerprint density at radius 2 is 0.581 bits per heavy atom. The van der Waals surface area contributed by atoms with Crippen molar-refractivity contribution < 1.29 is 0 Å². The Kier molecular flexibility index (Phi) is 4.26. The topological polar surface area (TPSA) is 5.90 Å². The van der Waals surface area contributed by atoms with Crippen molar-refractivity contribution in [1.29, 1.82) is 0 Å². The fourth-order valence-corrected chi connectivity index (χ4v) is 4.60. The van der Waals surface area contributed by atoms with Gasteiger partial charge in [-0.25, -0.2) is 0 Å². The third kappa shape index (κ3) is 2.99. The van der Waals surface area contributed by atoms with E-state index in [0.29, 0.717) is 0 Å². The van der Waals surface area contributed by atoms with E-state index in [1.54, 1.807) is 0 Å². The molecule has 0 spiro atoms. The average molecular weight is 396 g/mol. The molecule has 0 aromatic heterocycles. The predicted octanol–water partition coefficient (Wildman–Crippen LogP) is 8.58. The van der Waals surface area contributed by atoms with Crippen molar-refractivity contribution in [2.75, 3.05) is 0 Å². The number of fused-ring (bicyclic) bond motifs is 3. The Labute approximate surface area is 181 Å². The molecule has 0 aliphatic rings. The van der Waals surface area contributed by atoms with E-state index >= 15 is 0 Å². The summed E-state index contributed by atoms with van der Waals surface area (Å²) in [7, 11) is 0. The van der Waals surface area contributed by atoms with Gasteiger partial charge in [0.05, 0.1) is 0 Å². The Hall–Kier alpha value is -3.94. The molecule has 6 aromatic rings. The quantitative estimate of drug-likeness (QED) is 0.265. The highest BCUT2D eigenvalue weighted by atomic mass is 15.1. The Morgan fingerprint density at radius 3 is 0.935 bits per heavy atom. The first-order valence-electron chi connectivity index (χ1n) is 10.6. The fourth-order valence-electron chi connectivity index (χ4n) is 4.60. The maximum Gasteiger partial charge on any atom is 0.200 e. The van der Waals surface area contributed by atoms with Crippen LogP contribution in [0.15, 0.2) is 127 Å². The van der Waals surface area contributed by atoms with Crippen LogP contribution in [0, 0.1) is 0 Å². The molecular formula is C30H21N+. The molecule has 31 heavy (non-hydrogen) atoms. The highest BCUT2D eigenvalue weighted by Gasteiger charge is 2.31. The number of nitrogens with zero attached hydrogens (tertiary/aromatic N) is 1. The molecule has 0 atom stereocenters. The van der Waals surface area contributed by atoms with Gasteiger partial charge in [-0.05, 0) is 34.4 Å². The molecule has 0 unspecified atom stereocenters. The molecule has 0 bridgehead atoms. The van der Waals surface area contributed by atoms with E-state index in [2.05, 4.69) is 132 Å². The second-order valence-electron chi connectivity index (χ2n) is 7.83. The number of benzene rings is 6. The van der Waals surface area contributed by atoms with E-state index in [9.17, 15) is 0 Å². The van der Waals surface area contributed by atoms with Gasteiger partial charge >= 0.3 is 0 Å². The van der Waals surface area contributed by atoms with Gasteiger partial charge in [-0.15, -0.1) is 0 Å². The molecule has 0 heterocycles. The van der Waals surface area contributed by atoms with Crippen LogP contribution in [0.3, 0.4) is 0 Å². The molecule has 0 saturated heterocycles. The molecule has 0 amide bonds. The van der Waals surface area contributed by atoms with Crippen LogP contribution >= 0.6 is 0 Å². The van der Waals surface area contributed by atoms with Gasteiger partial charge in [-0.1, -0.05) is 95.9 Å². The monoisotopic (exact) mass is 395 g/mol. The Balaban J connectivity index is 1.75. The van der Waals surface area contributed by atoms with Crippen LogP contribution in [0.5, 0.6) is 0 Å². The number of hydrogen-bond donors (Lipinski definition) is 0. The minimum atomic E-state index is 1.19. The van der Waals surface area contributed by atoms with Crippen LogP contribution in [-0.4, -0.2) is 0 Å². The maximum atomic E-state index is 2.42. The van der Waals surface area contributed by atoms with E-state index in [-0.39, 0.29) is 0 Å². The molecule has 0 saturated carbocycles. The molecule has 1 nitrogen and oxygen atoms in total. The lowest BCUT2D eigenvalue weighted by atomic mass is 10.0. The number of anilines is 3. The summed E-state index contributed by atoms with van der Waals surface area (Å²) >= 11 is 0. The Morgan fingerprint density at radius 1 is 0.290 bits per heavy atom. The van der Waals surface area contributed by atoms with Gasteiger partial charge < -0.3 is 0 Å². The van der Waals surface area contributed by atoms with Gasteiger partial charge in [-0.2, -0.15) is 0 Å². The molecule has 0 aliphatic carbocycles. The third-order valence-electron chi connectivity index (χ3n) is 6.02. The molecule has 1 heteroatoms. The Bertz CT molecular complexity index is 1340. The van der Waals surface area contributed by atoms with E-state index in [0.717, 1.165) is 0 Å². The van der Waals surface area contributed by atoms with Crippen molar-refractivity contribution in [2.45, 2.75) is 0 Å². The molecular weight excluding hydrogens is 374 g/mol. The summed E-state index contributed by atoms with van der Waals surface area (Å²) in [5.74, 6) is 0. The predicted molar refractivity (Wildman–Crippen MR) is 133 cm³/mol. The summed E-state index contributed by atoms with van der Waals surface area (Å²) in [4.78, 5) is 2.42. The van der Waals surface area contributed by atoms with Crippen molar-refractivity contribution >= 4 is 49.4 Å². The van der Waals surface area contributed by atoms with Crippen LogP contribution in [0.4, 0.5) is 17.1 Å². The fraction of sp³-hybridized carbons (Fsp3) is 0. The number of hydrogen-bond acceptors (Lipinski definition) is 1. The van der Waals surface area contributed by atoms with Crippen molar-refractivity contribution in [3.8, 4) is 0 Å². The van der Waals surface area contributed by atoms with E-state index in [4.69, 9.17) is 0 Å². The summed E-state index contributed by atoms with van der Waals surface area (Å²) in [6.45, 7) is 0. The van der Waals surface area contributed by atoms with Crippen LogP contribution < -0.4 is 4.90 Å². The van der Waals surface area contributed by atoms with E-state index < -0.39 is 0 Å². The largest absolute Gasteiger partial charge is 0.200 e. The molecule has 0 N–H and O–H groups in total. The SMILES string of the molecule is c1ccc2c([N+](c3cccc4ccccc34)c3cccc4ccccc34)cccc2c1. The summed E-state index contributed by atoms with van der Waals surface area (Å²) in [6.07, 6.45) is 0. The first-order chi connectivity index (χ1) is 15.4. The van der Waals surface area contributed by atoms with Crippen molar-refractivity contribution in [1.82, 2.24) is 4.90 Å². The van der Waals surface area contributed by atoms with E-state index in [1.807, 2.05) is 0 Å². The molecule has 1 radical (unpaired) electrons. The summed E-state index contributed by atoms with van der Waals surface area (Å²) in [5, 5.41) is 7.45. The van der Waals surface area contributed by atoms with Crippen LogP contribution in [0.25, 0.3) is 32.3 Å². The van der Waals surface area contributed by atoms with Gasteiger partial charge in [0, 0.05) is 34.4 Å². The first-order valence-corrected chi connectivity index (χ1v) is 10.6. The third-order valence-corrected chi connectivity index (χ3v) is 6.02. The lowest BCUT2D eigenvalue weighted by Crippen LogP contribution is -2.12. The average Bonchev–Trinajstić information content (AvgIpc) is 2.85. The number of rotatable bonds is 3. The summed E-state index contributed by atoms with van der Waals surface area (Å²) < 4.78 is 0. The minimum Gasteiger partial charge on any atom is -0.0616 e. The minimum absolute atomic E-state index is 1.19. The maximum absolute atomic E-state index is 2.42. The molecule has 6 rings (SSSR count). The van der Waals surface area contributed by atoms with Crippen LogP contribution in [-0.2, 0) is 0 Å². The van der Waals surface area contributed by atoms with Gasteiger partial charge in [0.2, 0.25) is 0 Å². The first kappa shape index (κ1) is 17.9. The second kappa shape index (κ2) is 7.39. The lowest BCUT2D eigenvalue weighted by molar-refractivity contribution is 0.957. The van der Waals surface area contributed by atoms with Gasteiger partial charge in [0.25, 0.3) is 0 Å². The van der Waals surface area contributed by atoms with Gasteiger partial charge in [0.15, 0.2) is 17.1 Å². The molecule has 0 aliphatic heterocycles. The van der Waals surface area contributed by atoms with E-state index in [1.165, 1.54) is 49.4 Å². The normalized spacial score (nSPS) is 11.5. The standard InChI is InChI=1S/C30H21N/c1-4-16-25-22(10-1)13-7-19-28(25)31(29-20-8-14-23-11-2-5-17-26(23)29)30-21-9-15-24-12-3-6-18-27(24)30/h1-21H/q+1. The van der Waals surface area contributed by atoms with Crippen LogP contribution in [0.1, 0.15) is 0 Å². The van der Waals surface area contributed by atoms with Gasteiger partial charge in [-0.3, -0.25) is 0 Å². The zero-order chi connectivity index (χ0) is 20.6. The zero-order valence-corrected chi connectivity index (χ0v) is 17.1. The van der Waals surface area contributed by atoms with Crippen molar-refractivity contribution in [3.63, 3.8) is 0 Å². The highest BCUT2D eigenvalue weighted by molar-refractivity contribution is 6.04. The van der Waals surface area contributed by atoms with Crippen molar-refractivity contribution in [3.05, 3.63) is 127 Å². The summed E-state index contributed by atoms with van der Waals surface area (Å²) in [5.41, 5.74) is 3.56. The zero-order valence-electron chi connectivity index (χ0n) is 17.1. The summed E-state index contributed by atoms with van der Waals surface area (Å²) in [6, 6.07) is 45.6. The molecule has 6 aromatic carbocycles. The highest BCUT2D eigenvalue weighted by Crippen LogP contribution is 2.43. The second-order valence-corrected chi connectivity index (χ2v) is 7.83. The van der Waals surface area contributed by atoms with Crippen LogP contribution in [0.2, 0.25) is 0 Å². The lowest BCUT2D eigenvalue weighted by Gasteiger charge is -2.16. The van der Waals surface area contributed by atoms with Crippen molar-refractivity contribution in [2.24, 2.45) is 0 Å². The smallest absolute Gasteiger partial charge is 0.0616 e. The molecule has 145 valence electrons.